The van der Waals surface area contributed by atoms with Crippen molar-refractivity contribution >= 4 is 43.1 Å². The fourth-order valence-electron chi connectivity index (χ4n) is 3.27. The van der Waals surface area contributed by atoms with Crippen LogP contribution in [0.3, 0.4) is 0 Å². The van der Waals surface area contributed by atoms with Gasteiger partial charge in [-0.25, -0.2) is 13.4 Å². The van der Waals surface area contributed by atoms with E-state index in [0.717, 1.165) is 10.2 Å². The molecule has 0 bridgehead atoms. The lowest BCUT2D eigenvalue weighted by atomic mass is 10.2. The number of carbonyl (C=O) groups is 1. The molecule has 0 fully saturated rings. The van der Waals surface area contributed by atoms with Gasteiger partial charge in [-0.2, -0.15) is 9.78 Å². The average molecular weight is 485 g/mol. The summed E-state index contributed by atoms with van der Waals surface area (Å²) >= 11 is 1.44. The molecule has 2 aromatic carbocycles. The average Bonchev–Trinajstić information content (AvgIpc) is 3.37. The Morgan fingerprint density at radius 1 is 1.18 bits per heavy atom. The highest BCUT2D eigenvalue weighted by atomic mass is 32.2. The van der Waals surface area contributed by atoms with Gasteiger partial charge in [0.05, 0.1) is 27.1 Å². The monoisotopic (exact) mass is 484 g/mol. The summed E-state index contributed by atoms with van der Waals surface area (Å²) in [5.41, 5.74) is 1.80. The van der Waals surface area contributed by atoms with E-state index in [1.54, 1.807) is 24.6 Å². The van der Waals surface area contributed by atoms with E-state index in [0.29, 0.717) is 34.6 Å². The highest BCUT2D eigenvalue weighted by molar-refractivity contribution is 7.92. The Kier molecular flexibility index (Phi) is 6.22. The van der Waals surface area contributed by atoms with Crippen molar-refractivity contribution in [3.05, 3.63) is 59.8 Å². The van der Waals surface area contributed by atoms with Crippen LogP contribution in [0.1, 0.15) is 36.8 Å². The number of amides is 1. The van der Waals surface area contributed by atoms with E-state index in [1.165, 1.54) is 35.6 Å². The zero-order valence-electron chi connectivity index (χ0n) is 18.7. The maximum atomic E-state index is 12.9. The molecule has 33 heavy (non-hydrogen) atoms. The molecule has 0 aliphatic rings. The van der Waals surface area contributed by atoms with E-state index in [2.05, 4.69) is 15.4 Å². The summed E-state index contributed by atoms with van der Waals surface area (Å²) in [5, 5.41) is 7.41. The van der Waals surface area contributed by atoms with Gasteiger partial charge in [0.15, 0.2) is 9.84 Å². The molecule has 0 saturated carbocycles. The van der Waals surface area contributed by atoms with Crippen LogP contribution in [0.15, 0.2) is 53.4 Å². The SMILES string of the molecule is CCOc1cccc2sc(-n3nc(C)cc3NC(=O)c3ccc(S(=O)(=O)C(C)C)cc3)nc12. The second kappa shape index (κ2) is 8.95. The number of para-hydroxylation sites is 1. The first-order valence-electron chi connectivity index (χ1n) is 10.5. The number of ether oxygens (including phenoxy) is 1. The van der Waals surface area contributed by atoms with Crippen molar-refractivity contribution in [3.63, 3.8) is 0 Å². The minimum atomic E-state index is -3.40. The van der Waals surface area contributed by atoms with Gasteiger partial charge in [0, 0.05) is 11.6 Å². The Labute approximate surface area is 196 Å². The van der Waals surface area contributed by atoms with Crippen molar-refractivity contribution in [1.29, 1.82) is 0 Å². The lowest BCUT2D eigenvalue weighted by Gasteiger charge is -2.09. The van der Waals surface area contributed by atoms with E-state index in [9.17, 15) is 13.2 Å². The number of benzene rings is 2. The van der Waals surface area contributed by atoms with Crippen LogP contribution in [0.4, 0.5) is 5.82 Å². The lowest BCUT2D eigenvalue weighted by Crippen LogP contribution is -2.16. The van der Waals surface area contributed by atoms with E-state index in [-0.39, 0.29) is 10.8 Å². The standard InChI is InChI=1S/C23H24N4O4S2/c1-5-31-18-7-6-8-19-21(18)25-23(32-19)27-20(13-15(4)26-27)24-22(28)16-9-11-17(12-10-16)33(29,30)14(2)3/h6-14H,5H2,1-4H3,(H,24,28). The number of aromatic nitrogens is 3. The normalized spacial score (nSPS) is 11.8. The second-order valence-corrected chi connectivity index (χ2v) is 11.2. The largest absolute Gasteiger partial charge is 0.492 e. The molecular formula is C23H24N4O4S2. The highest BCUT2D eigenvalue weighted by Crippen LogP contribution is 2.32. The van der Waals surface area contributed by atoms with Gasteiger partial charge in [-0.3, -0.25) is 4.79 Å². The number of aryl methyl sites for hydroxylation is 1. The third kappa shape index (κ3) is 4.49. The number of nitrogens with one attached hydrogen (secondary N) is 1. The molecule has 0 aliphatic heterocycles. The fourth-order valence-corrected chi connectivity index (χ4v) is 5.27. The molecule has 4 aromatic rings. The summed E-state index contributed by atoms with van der Waals surface area (Å²) < 4.78 is 32.9. The first-order chi connectivity index (χ1) is 15.7. The van der Waals surface area contributed by atoms with Crippen LogP contribution in [0.5, 0.6) is 5.75 Å². The van der Waals surface area contributed by atoms with E-state index < -0.39 is 15.1 Å². The van der Waals surface area contributed by atoms with Gasteiger partial charge in [0.2, 0.25) is 5.13 Å². The molecule has 2 heterocycles. The van der Waals surface area contributed by atoms with Crippen LogP contribution in [0.25, 0.3) is 15.3 Å². The van der Waals surface area contributed by atoms with Gasteiger partial charge < -0.3 is 10.1 Å². The Morgan fingerprint density at radius 3 is 2.58 bits per heavy atom. The maximum absolute atomic E-state index is 12.9. The number of carbonyl (C=O) groups excluding carboxylic acids is 1. The summed E-state index contributed by atoms with van der Waals surface area (Å²) in [6, 6.07) is 13.4. The molecule has 0 radical (unpaired) electrons. The van der Waals surface area contributed by atoms with Crippen LogP contribution in [-0.2, 0) is 9.84 Å². The molecule has 0 atom stereocenters. The molecule has 2 aromatic heterocycles. The third-order valence-electron chi connectivity index (χ3n) is 4.99. The van der Waals surface area contributed by atoms with Gasteiger partial charge in [-0.05, 0) is 64.1 Å². The molecule has 172 valence electrons. The zero-order valence-corrected chi connectivity index (χ0v) is 20.3. The number of sulfone groups is 1. The van der Waals surface area contributed by atoms with Crippen molar-refractivity contribution in [2.24, 2.45) is 0 Å². The van der Waals surface area contributed by atoms with Gasteiger partial charge in [-0.1, -0.05) is 17.4 Å². The Bertz CT molecular complexity index is 1420. The van der Waals surface area contributed by atoms with Crippen molar-refractivity contribution < 1.29 is 17.9 Å². The predicted octanol–water partition coefficient (Wildman–Crippen LogP) is 4.62. The molecular weight excluding hydrogens is 460 g/mol. The van der Waals surface area contributed by atoms with Crippen LogP contribution < -0.4 is 10.1 Å². The molecule has 0 aliphatic carbocycles. The first-order valence-corrected chi connectivity index (χ1v) is 12.8. The van der Waals surface area contributed by atoms with E-state index >= 15 is 0 Å². The second-order valence-electron chi connectivity index (χ2n) is 7.69. The van der Waals surface area contributed by atoms with Gasteiger partial charge in [0.25, 0.3) is 5.91 Å². The van der Waals surface area contributed by atoms with Crippen LogP contribution in [0.2, 0.25) is 0 Å². The van der Waals surface area contributed by atoms with Gasteiger partial charge in [0.1, 0.15) is 17.1 Å². The lowest BCUT2D eigenvalue weighted by molar-refractivity contribution is 0.102. The summed E-state index contributed by atoms with van der Waals surface area (Å²) in [6.45, 7) is 7.53. The summed E-state index contributed by atoms with van der Waals surface area (Å²) in [4.78, 5) is 17.8. The number of hydrogen-bond acceptors (Lipinski definition) is 7. The maximum Gasteiger partial charge on any atom is 0.256 e. The molecule has 0 unspecified atom stereocenters. The highest BCUT2D eigenvalue weighted by Gasteiger charge is 2.20. The van der Waals surface area contributed by atoms with Crippen molar-refractivity contribution in [1.82, 2.24) is 14.8 Å². The van der Waals surface area contributed by atoms with Crippen LogP contribution >= 0.6 is 11.3 Å². The minimum Gasteiger partial charge on any atom is -0.492 e. The van der Waals surface area contributed by atoms with Crippen molar-refractivity contribution in [3.8, 4) is 10.9 Å². The molecule has 10 heteroatoms. The molecule has 0 saturated heterocycles. The molecule has 8 nitrogen and oxygen atoms in total. The number of fused-ring (bicyclic) bond motifs is 1. The predicted molar refractivity (Wildman–Crippen MR) is 129 cm³/mol. The topological polar surface area (TPSA) is 103 Å². The van der Waals surface area contributed by atoms with E-state index in [1.807, 2.05) is 32.0 Å². The zero-order chi connectivity index (χ0) is 23.8. The Morgan fingerprint density at radius 2 is 1.91 bits per heavy atom. The van der Waals surface area contributed by atoms with Crippen LogP contribution in [-0.4, -0.2) is 40.9 Å². The third-order valence-corrected chi connectivity index (χ3v) is 8.16. The molecule has 4 rings (SSSR count). The molecule has 0 spiro atoms. The smallest absolute Gasteiger partial charge is 0.256 e. The summed E-state index contributed by atoms with van der Waals surface area (Å²) in [7, 11) is -3.40. The van der Waals surface area contributed by atoms with Crippen molar-refractivity contribution in [2.45, 2.75) is 37.8 Å². The Balaban J connectivity index is 1.63. The van der Waals surface area contributed by atoms with Gasteiger partial charge in [-0.15, -0.1) is 0 Å². The minimum absolute atomic E-state index is 0.189. The molecule has 1 amide bonds. The number of nitrogens with zero attached hydrogens (tertiary/aromatic N) is 3. The number of thiazole rings is 1. The van der Waals surface area contributed by atoms with Gasteiger partial charge >= 0.3 is 0 Å². The Hall–Kier alpha value is -3.24. The van der Waals surface area contributed by atoms with Crippen molar-refractivity contribution in [2.75, 3.05) is 11.9 Å². The quantitative estimate of drug-likeness (QED) is 0.410. The first kappa shape index (κ1) is 22.9. The number of rotatable bonds is 7. The number of anilines is 1. The van der Waals surface area contributed by atoms with E-state index in [4.69, 9.17) is 4.74 Å². The summed E-state index contributed by atoms with van der Waals surface area (Å²) in [5.74, 6) is 0.789. The number of hydrogen-bond donors (Lipinski definition) is 1. The molecule has 1 N–H and O–H groups in total. The van der Waals surface area contributed by atoms with Crippen LogP contribution in [0, 0.1) is 6.92 Å². The summed E-state index contributed by atoms with van der Waals surface area (Å²) in [6.07, 6.45) is 0. The fraction of sp³-hybridized carbons (Fsp3) is 0.261.